The third kappa shape index (κ3) is 3.15. The molecule has 0 atom stereocenters. The molecule has 0 aliphatic rings. The van der Waals surface area contributed by atoms with Gasteiger partial charge in [0, 0.05) is 12.2 Å². The Morgan fingerprint density at radius 2 is 2.05 bits per heavy atom. The van der Waals surface area contributed by atoms with Crippen LogP contribution in [-0.4, -0.2) is 9.78 Å². The summed E-state index contributed by atoms with van der Waals surface area (Å²) in [7, 11) is 0. The van der Waals surface area contributed by atoms with Crippen molar-refractivity contribution in [1.29, 1.82) is 0 Å². The molecule has 0 saturated heterocycles. The first kappa shape index (κ1) is 14.1. The molecule has 0 aliphatic heterocycles. The maximum Gasteiger partial charge on any atom is 0.137 e. The number of nitrogens with one attached hydrogen (secondary N) is 1. The maximum absolute atomic E-state index is 13.4. The summed E-state index contributed by atoms with van der Waals surface area (Å²) < 4.78 is 15.8. The summed E-state index contributed by atoms with van der Waals surface area (Å²) in [5, 5.41) is 7.73. The normalized spacial score (nSPS) is 10.8. The van der Waals surface area contributed by atoms with Crippen LogP contribution in [0.4, 0.5) is 10.1 Å². The lowest BCUT2D eigenvalue weighted by Crippen LogP contribution is -2.08. The Balaban J connectivity index is 2.16. The summed E-state index contributed by atoms with van der Waals surface area (Å²) in [5.74, 6) is -0.238. The van der Waals surface area contributed by atoms with Gasteiger partial charge in [-0.1, -0.05) is 0 Å². The van der Waals surface area contributed by atoms with Crippen molar-refractivity contribution in [3.8, 4) is 0 Å². The second-order valence-corrected chi connectivity index (χ2v) is 5.38. The Morgan fingerprint density at radius 1 is 1.32 bits per heavy atom. The second-order valence-electron chi connectivity index (χ2n) is 4.53. The highest BCUT2D eigenvalue weighted by atomic mass is 79.9. The summed E-state index contributed by atoms with van der Waals surface area (Å²) in [6.45, 7) is 7.45. The SMILES string of the molecule is CCn1nc(C)cc1CNc1cc(Br)c(F)cc1C. The second kappa shape index (κ2) is 5.74. The smallest absolute Gasteiger partial charge is 0.137 e. The third-order valence-electron chi connectivity index (χ3n) is 3.01. The number of halogens is 2. The minimum atomic E-state index is -0.238. The maximum atomic E-state index is 13.4. The van der Waals surface area contributed by atoms with E-state index >= 15 is 0 Å². The average Bonchev–Trinajstić information content (AvgIpc) is 2.72. The van der Waals surface area contributed by atoms with Crippen LogP contribution in [-0.2, 0) is 13.1 Å². The van der Waals surface area contributed by atoms with Crippen molar-refractivity contribution < 1.29 is 4.39 Å². The quantitative estimate of drug-likeness (QED) is 0.919. The molecule has 1 heterocycles. The van der Waals surface area contributed by atoms with Gasteiger partial charge < -0.3 is 5.32 Å². The minimum absolute atomic E-state index is 0.238. The minimum Gasteiger partial charge on any atom is -0.379 e. The van der Waals surface area contributed by atoms with Crippen molar-refractivity contribution in [2.24, 2.45) is 0 Å². The molecule has 102 valence electrons. The third-order valence-corrected chi connectivity index (χ3v) is 3.62. The predicted molar refractivity (Wildman–Crippen MR) is 78.8 cm³/mol. The number of aromatic nitrogens is 2. The molecule has 2 aromatic rings. The van der Waals surface area contributed by atoms with Crippen LogP contribution in [0.5, 0.6) is 0 Å². The first-order valence-corrected chi connectivity index (χ1v) is 7.03. The molecule has 0 amide bonds. The molecule has 19 heavy (non-hydrogen) atoms. The lowest BCUT2D eigenvalue weighted by molar-refractivity contribution is 0.618. The van der Waals surface area contributed by atoms with Gasteiger partial charge in [0.05, 0.1) is 22.4 Å². The predicted octanol–water partition coefficient (Wildman–Crippen LogP) is 4.03. The molecule has 3 nitrogen and oxygen atoms in total. The van der Waals surface area contributed by atoms with Gasteiger partial charge in [0.2, 0.25) is 0 Å². The van der Waals surface area contributed by atoms with Gasteiger partial charge in [-0.2, -0.15) is 5.10 Å². The molecule has 1 aromatic heterocycles. The van der Waals surface area contributed by atoms with Gasteiger partial charge >= 0.3 is 0 Å². The largest absolute Gasteiger partial charge is 0.379 e. The van der Waals surface area contributed by atoms with Gasteiger partial charge in [0.15, 0.2) is 0 Å². The number of anilines is 1. The molecule has 0 aliphatic carbocycles. The zero-order valence-corrected chi connectivity index (χ0v) is 12.9. The van der Waals surface area contributed by atoms with Crippen LogP contribution >= 0.6 is 15.9 Å². The number of hydrogen-bond acceptors (Lipinski definition) is 2. The Kier molecular flexibility index (Phi) is 4.24. The van der Waals surface area contributed by atoms with Crippen molar-refractivity contribution in [3.63, 3.8) is 0 Å². The van der Waals surface area contributed by atoms with E-state index in [1.807, 2.05) is 18.5 Å². The van der Waals surface area contributed by atoms with Gasteiger partial charge in [-0.15, -0.1) is 0 Å². The fourth-order valence-corrected chi connectivity index (χ4v) is 2.38. The number of hydrogen-bond donors (Lipinski definition) is 1. The van der Waals surface area contributed by atoms with E-state index in [2.05, 4.69) is 39.3 Å². The fraction of sp³-hybridized carbons (Fsp3) is 0.357. The monoisotopic (exact) mass is 325 g/mol. The lowest BCUT2D eigenvalue weighted by atomic mass is 10.2. The van der Waals surface area contributed by atoms with Crippen molar-refractivity contribution in [1.82, 2.24) is 9.78 Å². The van der Waals surface area contributed by atoms with E-state index in [9.17, 15) is 4.39 Å². The Labute approximate surface area is 121 Å². The summed E-state index contributed by atoms with van der Waals surface area (Å²) >= 11 is 3.21. The zero-order chi connectivity index (χ0) is 14.0. The van der Waals surface area contributed by atoms with Crippen LogP contribution in [0.2, 0.25) is 0 Å². The molecule has 0 fully saturated rings. The van der Waals surface area contributed by atoms with Gasteiger partial charge in [-0.3, -0.25) is 4.68 Å². The van der Waals surface area contributed by atoms with Crippen LogP contribution < -0.4 is 5.32 Å². The molecular formula is C14H17BrFN3. The van der Waals surface area contributed by atoms with E-state index in [1.165, 1.54) is 6.07 Å². The zero-order valence-electron chi connectivity index (χ0n) is 11.3. The summed E-state index contributed by atoms with van der Waals surface area (Å²) in [4.78, 5) is 0. The summed E-state index contributed by atoms with van der Waals surface area (Å²) in [5.41, 5.74) is 3.95. The average molecular weight is 326 g/mol. The Hall–Kier alpha value is -1.36. The topological polar surface area (TPSA) is 29.9 Å². The number of aryl methyl sites for hydroxylation is 3. The van der Waals surface area contributed by atoms with E-state index in [0.717, 1.165) is 29.2 Å². The highest BCUT2D eigenvalue weighted by Gasteiger charge is 2.07. The number of rotatable bonds is 4. The van der Waals surface area contributed by atoms with E-state index in [4.69, 9.17) is 0 Å². The van der Waals surface area contributed by atoms with Crippen LogP contribution in [0.1, 0.15) is 23.9 Å². The molecule has 5 heteroatoms. The molecule has 0 unspecified atom stereocenters. The molecule has 1 aromatic carbocycles. The Morgan fingerprint density at radius 3 is 2.74 bits per heavy atom. The van der Waals surface area contributed by atoms with Crippen LogP contribution in [0.3, 0.4) is 0 Å². The van der Waals surface area contributed by atoms with Crippen LogP contribution in [0, 0.1) is 19.7 Å². The number of benzene rings is 1. The van der Waals surface area contributed by atoms with E-state index in [1.54, 1.807) is 6.07 Å². The van der Waals surface area contributed by atoms with Gasteiger partial charge in [0.1, 0.15) is 5.82 Å². The highest BCUT2D eigenvalue weighted by molar-refractivity contribution is 9.10. The van der Waals surface area contributed by atoms with Crippen molar-refractivity contribution in [2.75, 3.05) is 5.32 Å². The van der Waals surface area contributed by atoms with Crippen LogP contribution in [0.25, 0.3) is 0 Å². The molecular weight excluding hydrogens is 309 g/mol. The van der Waals surface area contributed by atoms with Crippen molar-refractivity contribution >= 4 is 21.6 Å². The van der Waals surface area contributed by atoms with Crippen molar-refractivity contribution in [3.05, 3.63) is 45.4 Å². The molecule has 0 bridgehead atoms. The van der Waals surface area contributed by atoms with Gasteiger partial charge in [0.25, 0.3) is 0 Å². The molecule has 0 radical (unpaired) electrons. The standard InChI is InChI=1S/C14H17BrFN3/c1-4-19-11(6-10(3)18-19)8-17-14-7-12(15)13(16)5-9(14)2/h5-7,17H,4,8H2,1-3H3. The molecule has 1 N–H and O–H groups in total. The van der Waals surface area contributed by atoms with E-state index < -0.39 is 0 Å². The molecule has 2 rings (SSSR count). The van der Waals surface area contributed by atoms with Crippen LogP contribution in [0.15, 0.2) is 22.7 Å². The molecule has 0 saturated carbocycles. The van der Waals surface area contributed by atoms with Crippen molar-refractivity contribution in [2.45, 2.75) is 33.9 Å². The lowest BCUT2D eigenvalue weighted by Gasteiger charge is -2.11. The van der Waals surface area contributed by atoms with Gasteiger partial charge in [-0.25, -0.2) is 4.39 Å². The van der Waals surface area contributed by atoms with E-state index in [0.29, 0.717) is 11.0 Å². The van der Waals surface area contributed by atoms with Gasteiger partial charge in [-0.05, 0) is 60.5 Å². The Bertz CT molecular complexity index is 593. The highest BCUT2D eigenvalue weighted by Crippen LogP contribution is 2.24. The molecule has 0 spiro atoms. The first-order chi connectivity index (χ1) is 9.01. The first-order valence-electron chi connectivity index (χ1n) is 6.24. The summed E-state index contributed by atoms with van der Waals surface area (Å²) in [6.07, 6.45) is 0. The number of nitrogens with zero attached hydrogens (tertiary/aromatic N) is 2. The fourth-order valence-electron chi connectivity index (χ4n) is 2.04. The van der Waals surface area contributed by atoms with E-state index in [-0.39, 0.29) is 5.82 Å². The summed E-state index contributed by atoms with van der Waals surface area (Å²) in [6, 6.07) is 5.35.